The molecule has 0 aromatic heterocycles. The van der Waals surface area contributed by atoms with Crippen LogP contribution in [0, 0.1) is 0 Å². The first kappa shape index (κ1) is 23.0. The van der Waals surface area contributed by atoms with E-state index in [1.54, 1.807) is 0 Å². The van der Waals surface area contributed by atoms with E-state index >= 15 is 0 Å². The topological polar surface area (TPSA) is 68.2 Å². The average Bonchev–Trinajstić information content (AvgIpc) is 2.76. The summed E-state index contributed by atoms with van der Waals surface area (Å²) < 4.78 is 18.5. The minimum atomic E-state index is 0.0290. The number of hydrogen-bond acceptors (Lipinski definition) is 5. The fraction of sp³-hybridized carbons (Fsp3) is 0.500. The van der Waals surface area contributed by atoms with Crippen molar-refractivity contribution >= 4 is 0 Å². The Labute approximate surface area is 174 Å². The third-order valence-electron chi connectivity index (χ3n) is 4.78. The Bertz CT molecular complexity index is 644. The van der Waals surface area contributed by atoms with Crippen molar-refractivity contribution < 1.29 is 24.4 Å². The molecule has 2 unspecified atom stereocenters. The van der Waals surface area contributed by atoms with Gasteiger partial charge in [0.15, 0.2) is 23.0 Å². The molecular weight excluding hydrogens is 368 g/mol. The fourth-order valence-electron chi connectivity index (χ4n) is 3.07. The number of benzene rings is 2. The Balaban J connectivity index is 2.16. The average molecular weight is 403 g/mol. The van der Waals surface area contributed by atoms with Crippen molar-refractivity contribution in [2.24, 2.45) is 0 Å². The second-order valence-corrected chi connectivity index (χ2v) is 7.02. The number of aliphatic hydroxyl groups is 2. The third kappa shape index (κ3) is 7.59. The van der Waals surface area contributed by atoms with E-state index < -0.39 is 0 Å². The standard InChI is InChI=1S/C24H34O5/c1-3-19(11-9-17-25)27-21-13-5-7-15-23(21)29-24-16-8-6-14-22(24)28-20(4-2)12-10-18-26/h5-8,13-16,19-20,25-26H,3-4,9-12,17-18H2,1-2H3. The number of para-hydroxylation sites is 4. The number of ether oxygens (including phenoxy) is 3. The first-order valence-corrected chi connectivity index (χ1v) is 10.6. The Kier molecular flexibility index (Phi) is 10.4. The molecule has 0 bridgehead atoms. The van der Waals surface area contributed by atoms with E-state index in [0.29, 0.717) is 35.8 Å². The summed E-state index contributed by atoms with van der Waals surface area (Å²) in [6.45, 7) is 4.48. The summed E-state index contributed by atoms with van der Waals surface area (Å²) in [5.41, 5.74) is 0. The zero-order chi connectivity index (χ0) is 20.9. The predicted molar refractivity (Wildman–Crippen MR) is 115 cm³/mol. The molecule has 2 aromatic rings. The highest BCUT2D eigenvalue weighted by Crippen LogP contribution is 2.37. The molecule has 2 aromatic carbocycles. The van der Waals surface area contributed by atoms with Gasteiger partial charge in [-0.25, -0.2) is 0 Å². The van der Waals surface area contributed by atoms with Crippen LogP contribution in [0.25, 0.3) is 0 Å². The van der Waals surface area contributed by atoms with Crippen molar-refractivity contribution in [3.63, 3.8) is 0 Å². The van der Waals surface area contributed by atoms with Crippen molar-refractivity contribution in [1.29, 1.82) is 0 Å². The van der Waals surface area contributed by atoms with Crippen LogP contribution in [-0.2, 0) is 0 Å². The van der Waals surface area contributed by atoms with Crippen molar-refractivity contribution in [2.45, 2.75) is 64.6 Å². The Morgan fingerprint density at radius 1 is 0.655 bits per heavy atom. The van der Waals surface area contributed by atoms with E-state index in [-0.39, 0.29) is 25.4 Å². The summed E-state index contributed by atoms with van der Waals surface area (Å²) in [7, 11) is 0. The Morgan fingerprint density at radius 3 is 1.38 bits per heavy atom. The van der Waals surface area contributed by atoms with Gasteiger partial charge in [-0.1, -0.05) is 38.1 Å². The van der Waals surface area contributed by atoms with Gasteiger partial charge in [0.1, 0.15) is 0 Å². The van der Waals surface area contributed by atoms with E-state index in [2.05, 4.69) is 13.8 Å². The summed E-state index contributed by atoms with van der Waals surface area (Å²) in [6, 6.07) is 15.2. The van der Waals surface area contributed by atoms with Gasteiger partial charge in [0, 0.05) is 13.2 Å². The maximum atomic E-state index is 9.09. The zero-order valence-electron chi connectivity index (χ0n) is 17.5. The highest BCUT2D eigenvalue weighted by Gasteiger charge is 2.16. The van der Waals surface area contributed by atoms with E-state index in [9.17, 15) is 0 Å². The van der Waals surface area contributed by atoms with Gasteiger partial charge in [0.2, 0.25) is 0 Å². The van der Waals surface area contributed by atoms with Crippen molar-refractivity contribution in [3.05, 3.63) is 48.5 Å². The molecule has 2 atom stereocenters. The summed E-state index contributed by atoms with van der Waals surface area (Å²) in [5.74, 6) is 2.63. The monoisotopic (exact) mass is 402 g/mol. The summed E-state index contributed by atoms with van der Waals surface area (Å²) in [4.78, 5) is 0. The van der Waals surface area contributed by atoms with Crippen LogP contribution in [0.2, 0.25) is 0 Å². The third-order valence-corrected chi connectivity index (χ3v) is 4.78. The lowest BCUT2D eigenvalue weighted by Crippen LogP contribution is -2.17. The van der Waals surface area contributed by atoms with Crippen LogP contribution in [0.1, 0.15) is 52.4 Å². The van der Waals surface area contributed by atoms with Crippen LogP contribution in [0.3, 0.4) is 0 Å². The highest BCUT2D eigenvalue weighted by molar-refractivity contribution is 5.47. The lowest BCUT2D eigenvalue weighted by Gasteiger charge is -2.21. The first-order chi connectivity index (χ1) is 14.2. The highest BCUT2D eigenvalue weighted by atomic mass is 16.5. The normalized spacial score (nSPS) is 13.0. The van der Waals surface area contributed by atoms with E-state index in [4.69, 9.17) is 24.4 Å². The van der Waals surface area contributed by atoms with Crippen molar-refractivity contribution in [1.82, 2.24) is 0 Å². The van der Waals surface area contributed by atoms with Gasteiger partial charge < -0.3 is 24.4 Å². The first-order valence-electron chi connectivity index (χ1n) is 10.6. The fourth-order valence-corrected chi connectivity index (χ4v) is 3.07. The summed E-state index contributed by atoms with van der Waals surface area (Å²) in [6.07, 6.45) is 4.79. The van der Waals surface area contributed by atoms with Gasteiger partial charge in [0.05, 0.1) is 12.2 Å². The molecule has 2 N–H and O–H groups in total. The molecule has 0 aliphatic rings. The van der Waals surface area contributed by atoms with Gasteiger partial charge in [-0.2, -0.15) is 0 Å². The molecule has 0 amide bonds. The molecule has 0 saturated heterocycles. The van der Waals surface area contributed by atoms with Gasteiger partial charge in [-0.05, 0) is 62.8 Å². The van der Waals surface area contributed by atoms with Gasteiger partial charge in [-0.15, -0.1) is 0 Å². The van der Waals surface area contributed by atoms with E-state index in [1.807, 2.05) is 48.5 Å². The molecule has 0 aliphatic heterocycles. The summed E-state index contributed by atoms with van der Waals surface area (Å²) in [5, 5.41) is 18.2. The maximum Gasteiger partial charge on any atom is 0.169 e. The van der Waals surface area contributed by atoms with Crippen LogP contribution in [0.4, 0.5) is 0 Å². The van der Waals surface area contributed by atoms with E-state index in [1.165, 1.54) is 0 Å². The van der Waals surface area contributed by atoms with Crippen LogP contribution in [0.5, 0.6) is 23.0 Å². The second kappa shape index (κ2) is 13.1. The van der Waals surface area contributed by atoms with Crippen LogP contribution < -0.4 is 14.2 Å². The molecule has 0 saturated carbocycles. The number of hydrogen-bond donors (Lipinski definition) is 2. The quantitative estimate of drug-likeness (QED) is 0.446. The molecule has 29 heavy (non-hydrogen) atoms. The SMILES string of the molecule is CCC(CCCO)Oc1ccccc1Oc1ccccc1OC(CC)CCCO. The van der Waals surface area contributed by atoms with Crippen LogP contribution in [0.15, 0.2) is 48.5 Å². The predicted octanol–water partition coefficient (Wildman–Crippen LogP) is 5.34. The molecule has 2 rings (SSSR count). The minimum absolute atomic E-state index is 0.0290. The van der Waals surface area contributed by atoms with E-state index in [0.717, 1.165) is 25.7 Å². The Hall–Kier alpha value is -2.24. The largest absolute Gasteiger partial charge is 0.487 e. The molecular formula is C24H34O5. The van der Waals surface area contributed by atoms with Gasteiger partial charge in [-0.3, -0.25) is 0 Å². The van der Waals surface area contributed by atoms with Crippen molar-refractivity contribution in [3.8, 4) is 23.0 Å². The minimum Gasteiger partial charge on any atom is -0.487 e. The van der Waals surface area contributed by atoms with Gasteiger partial charge >= 0.3 is 0 Å². The molecule has 0 aliphatic carbocycles. The summed E-state index contributed by atoms with van der Waals surface area (Å²) >= 11 is 0. The molecule has 0 heterocycles. The lowest BCUT2D eigenvalue weighted by molar-refractivity contribution is 0.159. The molecule has 5 nitrogen and oxygen atoms in total. The van der Waals surface area contributed by atoms with Gasteiger partial charge in [0.25, 0.3) is 0 Å². The zero-order valence-corrected chi connectivity index (χ0v) is 17.5. The molecule has 0 spiro atoms. The molecule has 0 radical (unpaired) electrons. The number of aliphatic hydroxyl groups excluding tert-OH is 2. The maximum absolute atomic E-state index is 9.09. The van der Waals surface area contributed by atoms with Crippen LogP contribution >= 0.6 is 0 Å². The Morgan fingerprint density at radius 2 is 1.03 bits per heavy atom. The molecule has 0 fully saturated rings. The second-order valence-electron chi connectivity index (χ2n) is 7.02. The smallest absolute Gasteiger partial charge is 0.169 e. The molecule has 5 heteroatoms. The van der Waals surface area contributed by atoms with Crippen LogP contribution in [-0.4, -0.2) is 35.6 Å². The van der Waals surface area contributed by atoms with Crippen molar-refractivity contribution in [2.75, 3.05) is 13.2 Å². The number of rotatable bonds is 14. The molecule has 160 valence electrons. The lowest BCUT2D eigenvalue weighted by atomic mass is 10.1.